The number of amides is 2. The Bertz CT molecular complexity index is 939. The van der Waals surface area contributed by atoms with Crippen molar-refractivity contribution in [2.75, 3.05) is 29.4 Å². The number of carbonyl (C=O) groups is 1. The first-order chi connectivity index (χ1) is 13.2. The van der Waals surface area contributed by atoms with Crippen molar-refractivity contribution in [2.24, 2.45) is 0 Å². The number of aromatic amines is 1. The number of hydrogen-bond acceptors (Lipinski definition) is 4. The van der Waals surface area contributed by atoms with E-state index in [0.717, 1.165) is 24.8 Å². The van der Waals surface area contributed by atoms with Crippen molar-refractivity contribution < 1.29 is 13.2 Å². The Morgan fingerprint density at radius 3 is 2.86 bits per heavy atom. The van der Waals surface area contributed by atoms with Gasteiger partial charge in [0.1, 0.15) is 0 Å². The Labute approximate surface area is 165 Å². The molecule has 28 heavy (non-hydrogen) atoms. The van der Waals surface area contributed by atoms with Crippen LogP contribution in [-0.2, 0) is 10.0 Å². The van der Waals surface area contributed by atoms with Crippen molar-refractivity contribution in [1.29, 1.82) is 0 Å². The maximum absolute atomic E-state index is 12.8. The normalized spacial score (nSPS) is 17.6. The van der Waals surface area contributed by atoms with Crippen LogP contribution in [0.1, 0.15) is 49.8 Å². The van der Waals surface area contributed by atoms with Crippen LogP contribution in [0.2, 0.25) is 0 Å². The number of sulfonamides is 1. The molecule has 8 nitrogen and oxygen atoms in total. The lowest BCUT2D eigenvalue weighted by atomic mass is 9.94. The molecule has 3 rings (SSSR count). The van der Waals surface area contributed by atoms with Gasteiger partial charge in [-0.25, -0.2) is 13.2 Å². The Balaban J connectivity index is 1.69. The van der Waals surface area contributed by atoms with Gasteiger partial charge in [-0.3, -0.25) is 9.82 Å². The van der Waals surface area contributed by atoms with E-state index in [-0.39, 0.29) is 11.9 Å². The minimum atomic E-state index is -3.39. The molecule has 1 aliphatic heterocycles. The first-order valence-corrected chi connectivity index (χ1v) is 11.3. The number of hydrogen-bond donors (Lipinski definition) is 3. The molecule has 0 spiro atoms. The first-order valence-electron chi connectivity index (χ1n) is 9.40. The topological polar surface area (TPSA) is 107 Å². The number of nitrogens with zero attached hydrogens (tertiary/aromatic N) is 2. The van der Waals surface area contributed by atoms with E-state index in [1.165, 1.54) is 11.8 Å². The minimum Gasteiger partial charge on any atom is -0.324 e. The standard InChI is InChI=1S/C19H27N5O3S/c1-13(2)14-6-4-8-16(10-14)21-19(25)24-9-5-7-15(12-24)18-17(11-20-22-18)23-28(3,26)27/h4,6,8,10-11,13,15,23H,5,7,9,12H2,1-3H3,(H,20,22)(H,21,25). The highest BCUT2D eigenvalue weighted by molar-refractivity contribution is 7.92. The van der Waals surface area contributed by atoms with Gasteiger partial charge in [0.15, 0.2) is 0 Å². The summed E-state index contributed by atoms with van der Waals surface area (Å²) in [5, 5.41) is 9.84. The number of carbonyl (C=O) groups excluding carboxylic acids is 1. The number of nitrogens with one attached hydrogen (secondary N) is 3. The third-order valence-corrected chi connectivity index (χ3v) is 5.48. The second-order valence-electron chi connectivity index (χ2n) is 7.57. The Kier molecular flexibility index (Phi) is 5.93. The number of rotatable bonds is 5. The zero-order chi connectivity index (χ0) is 20.3. The minimum absolute atomic E-state index is 0.00625. The molecule has 1 saturated heterocycles. The molecule has 0 bridgehead atoms. The van der Waals surface area contributed by atoms with Crippen molar-refractivity contribution >= 4 is 27.4 Å². The van der Waals surface area contributed by atoms with Crippen molar-refractivity contribution in [3.63, 3.8) is 0 Å². The van der Waals surface area contributed by atoms with Crippen LogP contribution in [0.3, 0.4) is 0 Å². The van der Waals surface area contributed by atoms with Gasteiger partial charge in [0.25, 0.3) is 0 Å². The largest absolute Gasteiger partial charge is 0.324 e. The van der Waals surface area contributed by atoms with E-state index >= 15 is 0 Å². The number of urea groups is 1. The van der Waals surface area contributed by atoms with Crippen molar-refractivity contribution in [1.82, 2.24) is 15.1 Å². The monoisotopic (exact) mass is 405 g/mol. The molecule has 1 aromatic heterocycles. The molecule has 2 heterocycles. The number of likely N-dealkylation sites (tertiary alicyclic amines) is 1. The third kappa shape index (κ3) is 5.03. The summed E-state index contributed by atoms with van der Waals surface area (Å²) in [5.41, 5.74) is 3.10. The van der Waals surface area contributed by atoms with E-state index in [1.807, 2.05) is 24.3 Å². The number of aromatic nitrogens is 2. The molecule has 152 valence electrons. The highest BCUT2D eigenvalue weighted by atomic mass is 32.2. The van der Waals surface area contributed by atoms with Crippen molar-refractivity contribution in [3.05, 3.63) is 41.7 Å². The molecule has 2 amide bonds. The van der Waals surface area contributed by atoms with Gasteiger partial charge in [-0.15, -0.1) is 0 Å². The molecule has 1 unspecified atom stereocenters. The lowest BCUT2D eigenvalue weighted by molar-refractivity contribution is 0.192. The molecule has 0 aliphatic carbocycles. The van der Waals surface area contributed by atoms with Crippen molar-refractivity contribution in [2.45, 2.75) is 38.5 Å². The summed E-state index contributed by atoms with van der Waals surface area (Å²) in [4.78, 5) is 14.5. The molecular weight excluding hydrogens is 378 g/mol. The van der Waals surface area contributed by atoms with Gasteiger partial charge in [-0.05, 0) is 36.5 Å². The summed E-state index contributed by atoms with van der Waals surface area (Å²) in [6.45, 7) is 5.39. The number of benzene rings is 1. The van der Waals surface area contributed by atoms with Gasteiger partial charge in [-0.1, -0.05) is 26.0 Å². The lowest BCUT2D eigenvalue weighted by Crippen LogP contribution is -2.41. The molecule has 1 atom stereocenters. The maximum atomic E-state index is 12.8. The van der Waals surface area contributed by atoms with E-state index in [9.17, 15) is 13.2 Å². The number of piperidine rings is 1. The fraction of sp³-hybridized carbons (Fsp3) is 0.474. The van der Waals surface area contributed by atoms with Crippen LogP contribution in [0.4, 0.5) is 16.2 Å². The molecule has 1 aromatic carbocycles. The Morgan fingerprint density at radius 2 is 2.14 bits per heavy atom. The third-order valence-electron chi connectivity index (χ3n) is 4.89. The van der Waals surface area contributed by atoms with Crippen LogP contribution in [-0.4, -0.2) is 48.9 Å². The van der Waals surface area contributed by atoms with Crippen LogP contribution in [0.15, 0.2) is 30.5 Å². The molecule has 1 aliphatic rings. The van der Waals surface area contributed by atoms with Crippen LogP contribution in [0.25, 0.3) is 0 Å². The summed E-state index contributed by atoms with van der Waals surface area (Å²) >= 11 is 0. The van der Waals surface area contributed by atoms with Crippen LogP contribution in [0, 0.1) is 0 Å². The molecule has 9 heteroatoms. The second-order valence-corrected chi connectivity index (χ2v) is 9.32. The van der Waals surface area contributed by atoms with E-state index in [0.29, 0.717) is 30.4 Å². The molecule has 0 radical (unpaired) electrons. The smallest absolute Gasteiger partial charge is 0.321 e. The van der Waals surface area contributed by atoms with Gasteiger partial charge >= 0.3 is 6.03 Å². The SMILES string of the molecule is CC(C)c1cccc(NC(=O)N2CCCC(c3[nH]ncc3NS(C)(=O)=O)C2)c1. The molecule has 0 saturated carbocycles. The second kappa shape index (κ2) is 8.22. The molecule has 1 fully saturated rings. The lowest BCUT2D eigenvalue weighted by Gasteiger charge is -2.32. The summed E-state index contributed by atoms with van der Waals surface area (Å²) < 4.78 is 25.6. The average molecular weight is 406 g/mol. The van der Waals surface area contributed by atoms with E-state index in [1.54, 1.807) is 4.90 Å². The maximum Gasteiger partial charge on any atom is 0.321 e. The van der Waals surface area contributed by atoms with Gasteiger partial charge in [0.05, 0.1) is 23.8 Å². The van der Waals surface area contributed by atoms with Crippen molar-refractivity contribution in [3.8, 4) is 0 Å². The van der Waals surface area contributed by atoms with Gasteiger partial charge in [0.2, 0.25) is 10.0 Å². The highest BCUT2D eigenvalue weighted by Gasteiger charge is 2.28. The highest BCUT2D eigenvalue weighted by Crippen LogP contribution is 2.31. The summed E-state index contributed by atoms with van der Waals surface area (Å²) in [6, 6.07) is 7.72. The molecule has 3 N–H and O–H groups in total. The zero-order valence-electron chi connectivity index (χ0n) is 16.4. The predicted molar refractivity (Wildman–Crippen MR) is 110 cm³/mol. The van der Waals surface area contributed by atoms with E-state index < -0.39 is 10.0 Å². The number of H-pyrrole nitrogens is 1. The van der Waals surface area contributed by atoms with Crippen LogP contribution < -0.4 is 10.0 Å². The zero-order valence-corrected chi connectivity index (χ0v) is 17.2. The number of anilines is 2. The average Bonchev–Trinajstić information content (AvgIpc) is 3.08. The summed E-state index contributed by atoms with van der Waals surface area (Å²) in [7, 11) is -3.39. The van der Waals surface area contributed by atoms with Gasteiger partial charge in [0, 0.05) is 24.7 Å². The Hall–Kier alpha value is -2.55. The fourth-order valence-electron chi connectivity index (χ4n) is 3.46. The van der Waals surface area contributed by atoms with Crippen LogP contribution in [0.5, 0.6) is 0 Å². The van der Waals surface area contributed by atoms with E-state index in [4.69, 9.17) is 0 Å². The first kappa shape index (κ1) is 20.2. The van der Waals surface area contributed by atoms with Gasteiger partial charge < -0.3 is 10.2 Å². The fourth-order valence-corrected chi connectivity index (χ4v) is 4.03. The van der Waals surface area contributed by atoms with Gasteiger partial charge in [-0.2, -0.15) is 5.10 Å². The van der Waals surface area contributed by atoms with Crippen LogP contribution >= 0.6 is 0 Å². The summed E-state index contributed by atoms with van der Waals surface area (Å²) in [6.07, 6.45) is 4.26. The Morgan fingerprint density at radius 1 is 1.36 bits per heavy atom. The predicted octanol–water partition coefficient (Wildman–Crippen LogP) is 3.32. The molecule has 2 aromatic rings. The molecular formula is C19H27N5O3S. The summed E-state index contributed by atoms with van der Waals surface area (Å²) in [5.74, 6) is 0.380. The quantitative estimate of drug-likeness (QED) is 0.709. The van der Waals surface area contributed by atoms with E-state index in [2.05, 4.69) is 34.1 Å².